The van der Waals surface area contributed by atoms with Crippen molar-refractivity contribution >= 4 is 5.69 Å². The Kier molecular flexibility index (Phi) is 5.60. The Morgan fingerprint density at radius 1 is 1.33 bits per heavy atom. The minimum Gasteiger partial charge on any atom is -0.389 e. The smallest absolute Gasteiger partial charge is 0.126 e. The van der Waals surface area contributed by atoms with Crippen molar-refractivity contribution in [1.82, 2.24) is 0 Å². The molecule has 0 fully saturated rings. The van der Waals surface area contributed by atoms with Crippen molar-refractivity contribution in [2.24, 2.45) is 0 Å². The number of aliphatic hydroxyl groups excluding tert-OH is 1. The van der Waals surface area contributed by atoms with E-state index in [9.17, 15) is 9.50 Å². The largest absolute Gasteiger partial charge is 0.389 e. The number of unbranched alkanes of at least 4 members (excludes halogenated alkanes) is 1. The summed E-state index contributed by atoms with van der Waals surface area (Å²) in [5.41, 5.74) is 2.26. The second-order valence-corrected chi connectivity index (χ2v) is 4.77. The van der Waals surface area contributed by atoms with E-state index in [2.05, 4.69) is 18.7 Å². The maximum atomic E-state index is 13.6. The van der Waals surface area contributed by atoms with E-state index in [-0.39, 0.29) is 5.82 Å². The van der Waals surface area contributed by atoms with Gasteiger partial charge in [-0.25, -0.2) is 4.39 Å². The third-order valence-corrected chi connectivity index (χ3v) is 3.26. The van der Waals surface area contributed by atoms with Crippen LogP contribution in [0.3, 0.4) is 0 Å². The molecule has 0 aromatic heterocycles. The SMILES string of the molecule is CCCCN(CC)c1cc(C)c(F)cc1[C@@H](C)O. The lowest BCUT2D eigenvalue weighted by molar-refractivity contribution is 0.199. The van der Waals surface area contributed by atoms with Crippen LogP contribution in [0.1, 0.15) is 50.8 Å². The van der Waals surface area contributed by atoms with Crippen molar-refractivity contribution < 1.29 is 9.50 Å². The second kappa shape index (κ2) is 6.74. The predicted molar refractivity (Wildman–Crippen MR) is 74.6 cm³/mol. The van der Waals surface area contributed by atoms with Gasteiger partial charge in [0.05, 0.1) is 6.10 Å². The van der Waals surface area contributed by atoms with Gasteiger partial charge in [-0.2, -0.15) is 0 Å². The maximum absolute atomic E-state index is 13.6. The average Bonchev–Trinajstić information content (AvgIpc) is 2.33. The number of anilines is 1. The van der Waals surface area contributed by atoms with Gasteiger partial charge >= 0.3 is 0 Å². The molecule has 2 nitrogen and oxygen atoms in total. The van der Waals surface area contributed by atoms with Crippen LogP contribution in [0, 0.1) is 12.7 Å². The Morgan fingerprint density at radius 2 is 2.00 bits per heavy atom. The van der Waals surface area contributed by atoms with Crippen LogP contribution in [-0.4, -0.2) is 18.2 Å². The van der Waals surface area contributed by atoms with Crippen LogP contribution in [0.2, 0.25) is 0 Å². The van der Waals surface area contributed by atoms with E-state index in [1.165, 1.54) is 6.07 Å². The third kappa shape index (κ3) is 3.45. The van der Waals surface area contributed by atoms with Crippen molar-refractivity contribution in [2.75, 3.05) is 18.0 Å². The Balaban J connectivity index is 3.14. The highest BCUT2D eigenvalue weighted by Gasteiger charge is 2.15. The molecule has 1 N–H and O–H groups in total. The normalized spacial score (nSPS) is 12.6. The lowest BCUT2D eigenvalue weighted by Crippen LogP contribution is -2.25. The van der Waals surface area contributed by atoms with Crippen molar-refractivity contribution in [3.63, 3.8) is 0 Å². The van der Waals surface area contributed by atoms with E-state index in [0.717, 1.165) is 31.6 Å². The second-order valence-electron chi connectivity index (χ2n) is 4.77. The zero-order valence-electron chi connectivity index (χ0n) is 11.8. The van der Waals surface area contributed by atoms with E-state index in [4.69, 9.17) is 0 Å². The van der Waals surface area contributed by atoms with Gasteiger partial charge in [0.2, 0.25) is 0 Å². The van der Waals surface area contributed by atoms with E-state index in [0.29, 0.717) is 11.1 Å². The van der Waals surface area contributed by atoms with Crippen molar-refractivity contribution in [2.45, 2.75) is 46.6 Å². The molecule has 0 radical (unpaired) electrons. The molecule has 0 saturated carbocycles. The monoisotopic (exact) mass is 253 g/mol. The quantitative estimate of drug-likeness (QED) is 0.833. The van der Waals surface area contributed by atoms with Gasteiger partial charge in [0.1, 0.15) is 5.82 Å². The molecule has 0 amide bonds. The van der Waals surface area contributed by atoms with Gasteiger partial charge in [-0.3, -0.25) is 0 Å². The molecule has 1 atom stereocenters. The average molecular weight is 253 g/mol. The highest BCUT2D eigenvalue weighted by Crippen LogP contribution is 2.29. The molecule has 1 rings (SSSR count). The first-order chi connectivity index (χ1) is 8.51. The minimum atomic E-state index is -0.647. The topological polar surface area (TPSA) is 23.5 Å². The predicted octanol–water partition coefficient (Wildman–Crippen LogP) is 3.81. The van der Waals surface area contributed by atoms with E-state index in [1.54, 1.807) is 13.8 Å². The molecule has 0 bridgehead atoms. The first-order valence-electron chi connectivity index (χ1n) is 6.74. The third-order valence-electron chi connectivity index (χ3n) is 3.26. The molecule has 1 aromatic carbocycles. The van der Waals surface area contributed by atoms with Crippen LogP contribution in [0.5, 0.6) is 0 Å². The summed E-state index contributed by atoms with van der Waals surface area (Å²) in [7, 11) is 0. The van der Waals surface area contributed by atoms with Crippen LogP contribution in [0.4, 0.5) is 10.1 Å². The van der Waals surface area contributed by atoms with Gasteiger partial charge in [0, 0.05) is 24.3 Å². The van der Waals surface area contributed by atoms with Crippen molar-refractivity contribution in [1.29, 1.82) is 0 Å². The lowest BCUT2D eigenvalue weighted by Gasteiger charge is -2.27. The number of aliphatic hydroxyl groups is 1. The fourth-order valence-corrected chi connectivity index (χ4v) is 2.09. The van der Waals surface area contributed by atoms with Gasteiger partial charge in [0.15, 0.2) is 0 Å². The Hall–Kier alpha value is -1.09. The summed E-state index contributed by atoms with van der Waals surface area (Å²) in [6, 6.07) is 3.31. The number of halogens is 1. The van der Waals surface area contributed by atoms with Crippen LogP contribution in [0.15, 0.2) is 12.1 Å². The number of nitrogens with zero attached hydrogens (tertiary/aromatic N) is 1. The van der Waals surface area contributed by atoms with E-state index < -0.39 is 6.10 Å². The summed E-state index contributed by atoms with van der Waals surface area (Å²) in [6.45, 7) is 9.49. The molecule has 0 unspecified atom stereocenters. The number of hydrogen-bond donors (Lipinski definition) is 1. The summed E-state index contributed by atoms with van der Waals surface area (Å²) in [6.07, 6.45) is 1.58. The molecule has 0 spiro atoms. The van der Waals surface area contributed by atoms with Crippen molar-refractivity contribution in [3.05, 3.63) is 29.1 Å². The molecule has 102 valence electrons. The number of benzene rings is 1. The molecule has 0 aliphatic rings. The van der Waals surface area contributed by atoms with Gasteiger partial charge in [-0.15, -0.1) is 0 Å². The Bertz CT molecular complexity index is 390. The summed E-state index contributed by atoms with van der Waals surface area (Å²) in [5, 5.41) is 9.80. The van der Waals surface area contributed by atoms with Gasteiger partial charge in [0.25, 0.3) is 0 Å². The fourth-order valence-electron chi connectivity index (χ4n) is 2.09. The number of rotatable bonds is 6. The maximum Gasteiger partial charge on any atom is 0.126 e. The highest BCUT2D eigenvalue weighted by atomic mass is 19.1. The fraction of sp³-hybridized carbons (Fsp3) is 0.600. The van der Waals surface area contributed by atoms with E-state index in [1.807, 2.05) is 6.07 Å². The Labute approximate surface area is 109 Å². The number of aryl methyl sites for hydroxylation is 1. The molecule has 0 heterocycles. The first kappa shape index (κ1) is 15.0. The molecule has 0 saturated heterocycles. The molecule has 0 aliphatic heterocycles. The summed E-state index contributed by atoms with van der Waals surface area (Å²) < 4.78 is 13.6. The van der Waals surface area contributed by atoms with E-state index >= 15 is 0 Å². The molecule has 0 aliphatic carbocycles. The molecular weight excluding hydrogens is 229 g/mol. The zero-order chi connectivity index (χ0) is 13.7. The molecular formula is C15H24FNO. The molecule has 1 aromatic rings. The van der Waals surface area contributed by atoms with Gasteiger partial charge in [-0.1, -0.05) is 13.3 Å². The van der Waals surface area contributed by atoms with Crippen molar-refractivity contribution in [3.8, 4) is 0 Å². The lowest BCUT2D eigenvalue weighted by atomic mass is 10.0. The highest BCUT2D eigenvalue weighted by molar-refractivity contribution is 5.56. The van der Waals surface area contributed by atoms with Crippen LogP contribution >= 0.6 is 0 Å². The molecule has 18 heavy (non-hydrogen) atoms. The first-order valence-corrected chi connectivity index (χ1v) is 6.74. The standard InChI is InChI=1S/C15H24FNO/c1-5-7-8-17(6-2)15-9-11(3)14(16)10-13(15)12(4)18/h9-10,12,18H,5-8H2,1-4H3/t12-/m1/s1. The van der Waals surface area contributed by atoms with Crippen LogP contribution in [0.25, 0.3) is 0 Å². The zero-order valence-corrected chi connectivity index (χ0v) is 11.8. The van der Waals surface area contributed by atoms with Gasteiger partial charge < -0.3 is 10.0 Å². The Morgan fingerprint density at radius 3 is 2.50 bits per heavy atom. The summed E-state index contributed by atoms with van der Waals surface area (Å²) >= 11 is 0. The molecule has 3 heteroatoms. The minimum absolute atomic E-state index is 0.249. The van der Waals surface area contributed by atoms with Gasteiger partial charge in [-0.05, 0) is 44.9 Å². The number of hydrogen-bond acceptors (Lipinski definition) is 2. The summed E-state index contributed by atoms with van der Waals surface area (Å²) in [4.78, 5) is 2.21. The summed E-state index contributed by atoms with van der Waals surface area (Å²) in [5.74, 6) is -0.249. The van der Waals surface area contributed by atoms with Crippen LogP contribution in [-0.2, 0) is 0 Å². The van der Waals surface area contributed by atoms with Crippen LogP contribution < -0.4 is 4.90 Å².